The van der Waals surface area contributed by atoms with Crippen molar-refractivity contribution in [2.45, 2.75) is 19.4 Å². The van der Waals surface area contributed by atoms with E-state index < -0.39 is 0 Å². The van der Waals surface area contributed by atoms with Crippen molar-refractivity contribution in [2.75, 3.05) is 32.6 Å². The molecular formula is C21H25ClN2O4. The highest BCUT2D eigenvalue weighted by molar-refractivity contribution is 6.30. The minimum absolute atomic E-state index is 0.0544. The number of nitrogens with zero attached hydrogens (tertiary/aromatic N) is 1. The van der Waals surface area contributed by atoms with E-state index in [0.717, 1.165) is 11.3 Å². The first kappa shape index (κ1) is 21.6. The van der Waals surface area contributed by atoms with Crippen LogP contribution in [-0.4, -0.2) is 44.1 Å². The number of ether oxygens (including phenoxy) is 2. The summed E-state index contributed by atoms with van der Waals surface area (Å²) in [6.45, 7) is 1.16. The highest BCUT2D eigenvalue weighted by atomic mass is 35.5. The van der Waals surface area contributed by atoms with Gasteiger partial charge in [0.25, 0.3) is 0 Å². The fourth-order valence-electron chi connectivity index (χ4n) is 2.70. The maximum absolute atomic E-state index is 12.7. The van der Waals surface area contributed by atoms with Gasteiger partial charge in [0.05, 0.1) is 26.3 Å². The molecular weight excluding hydrogens is 380 g/mol. The molecule has 0 aliphatic carbocycles. The number of rotatable bonds is 10. The van der Waals surface area contributed by atoms with Gasteiger partial charge in [-0.25, -0.2) is 0 Å². The first-order valence-corrected chi connectivity index (χ1v) is 9.37. The predicted molar refractivity (Wildman–Crippen MR) is 110 cm³/mol. The summed E-state index contributed by atoms with van der Waals surface area (Å²) >= 11 is 6.03. The number of esters is 1. The normalized spacial score (nSPS) is 10.2. The second-order valence-corrected chi connectivity index (χ2v) is 6.58. The average Bonchev–Trinajstić information content (AvgIpc) is 2.71. The Hall–Kier alpha value is -2.73. The summed E-state index contributed by atoms with van der Waals surface area (Å²) < 4.78 is 9.98. The molecule has 150 valence electrons. The van der Waals surface area contributed by atoms with Crippen molar-refractivity contribution in [2.24, 2.45) is 0 Å². The standard InChI is InChI=1S/C21H25ClN2O4/c1-27-19-9-8-17(22)14-18(19)23-12-10-20(25)24(13-11-21(26)28-2)15-16-6-4-3-5-7-16/h3-9,14,23H,10-13,15H2,1-2H3. The summed E-state index contributed by atoms with van der Waals surface area (Å²) in [5, 5.41) is 3.76. The molecule has 2 rings (SSSR count). The van der Waals surface area contributed by atoms with Gasteiger partial charge < -0.3 is 19.7 Å². The lowest BCUT2D eigenvalue weighted by atomic mass is 10.2. The number of benzene rings is 2. The molecule has 0 heterocycles. The largest absolute Gasteiger partial charge is 0.495 e. The molecule has 1 amide bonds. The maximum Gasteiger partial charge on any atom is 0.307 e. The number of halogens is 1. The Kier molecular flexibility index (Phi) is 8.62. The van der Waals surface area contributed by atoms with Crippen LogP contribution < -0.4 is 10.1 Å². The van der Waals surface area contributed by atoms with Crippen molar-refractivity contribution in [3.63, 3.8) is 0 Å². The zero-order valence-corrected chi connectivity index (χ0v) is 16.9. The van der Waals surface area contributed by atoms with Crippen molar-refractivity contribution < 1.29 is 19.1 Å². The van der Waals surface area contributed by atoms with Gasteiger partial charge in [-0.3, -0.25) is 9.59 Å². The van der Waals surface area contributed by atoms with Gasteiger partial charge in [0.15, 0.2) is 0 Å². The third kappa shape index (κ3) is 6.78. The second-order valence-electron chi connectivity index (χ2n) is 6.15. The molecule has 0 saturated heterocycles. The van der Waals surface area contributed by atoms with Gasteiger partial charge in [-0.1, -0.05) is 41.9 Å². The summed E-state index contributed by atoms with van der Waals surface area (Å²) in [5.41, 5.74) is 1.73. The highest BCUT2D eigenvalue weighted by Crippen LogP contribution is 2.27. The van der Waals surface area contributed by atoms with Crippen molar-refractivity contribution in [1.82, 2.24) is 4.90 Å². The van der Waals surface area contributed by atoms with Crippen LogP contribution >= 0.6 is 11.6 Å². The summed E-state index contributed by atoms with van der Waals surface area (Å²) in [4.78, 5) is 25.9. The monoisotopic (exact) mass is 404 g/mol. The van der Waals surface area contributed by atoms with Crippen molar-refractivity contribution in [3.8, 4) is 5.75 Å². The van der Waals surface area contributed by atoms with Gasteiger partial charge in [-0.15, -0.1) is 0 Å². The minimum atomic E-state index is -0.340. The predicted octanol–water partition coefficient (Wildman–Crippen LogP) is 3.74. The van der Waals surface area contributed by atoms with E-state index in [1.807, 2.05) is 30.3 Å². The van der Waals surface area contributed by atoms with Gasteiger partial charge in [0, 0.05) is 31.1 Å². The number of hydrogen-bond donors (Lipinski definition) is 1. The Morgan fingerprint density at radius 2 is 1.82 bits per heavy atom. The van der Waals surface area contributed by atoms with Gasteiger partial charge in [0.2, 0.25) is 5.91 Å². The Balaban J connectivity index is 1.97. The molecule has 2 aromatic rings. The van der Waals surface area contributed by atoms with Crippen LogP contribution in [0.3, 0.4) is 0 Å². The topological polar surface area (TPSA) is 67.9 Å². The molecule has 0 aliphatic heterocycles. The quantitative estimate of drug-likeness (QED) is 0.611. The number of anilines is 1. The molecule has 0 bridgehead atoms. The molecule has 7 heteroatoms. The van der Waals surface area contributed by atoms with E-state index in [-0.39, 0.29) is 24.7 Å². The van der Waals surface area contributed by atoms with Crippen LogP contribution in [0.4, 0.5) is 5.69 Å². The van der Waals surface area contributed by atoms with Crippen LogP contribution in [0.25, 0.3) is 0 Å². The van der Waals surface area contributed by atoms with Crippen LogP contribution in [-0.2, 0) is 20.9 Å². The molecule has 2 aromatic carbocycles. The summed E-state index contributed by atoms with van der Waals surface area (Å²) in [6.07, 6.45) is 0.425. The fourth-order valence-corrected chi connectivity index (χ4v) is 2.88. The van der Waals surface area contributed by atoms with Crippen molar-refractivity contribution >= 4 is 29.2 Å². The van der Waals surface area contributed by atoms with Gasteiger partial charge >= 0.3 is 5.97 Å². The fraction of sp³-hybridized carbons (Fsp3) is 0.333. The van der Waals surface area contributed by atoms with Gasteiger partial charge in [-0.2, -0.15) is 0 Å². The minimum Gasteiger partial charge on any atom is -0.495 e. The van der Waals surface area contributed by atoms with E-state index in [9.17, 15) is 9.59 Å². The molecule has 0 spiro atoms. The lowest BCUT2D eigenvalue weighted by molar-refractivity contribution is -0.141. The van der Waals surface area contributed by atoms with Crippen LogP contribution in [0.2, 0.25) is 5.02 Å². The molecule has 0 unspecified atom stereocenters. The molecule has 0 fully saturated rings. The smallest absolute Gasteiger partial charge is 0.307 e. The van der Waals surface area contributed by atoms with E-state index in [2.05, 4.69) is 5.32 Å². The molecule has 0 radical (unpaired) electrons. The van der Waals surface area contributed by atoms with Gasteiger partial charge in [-0.05, 0) is 23.8 Å². The molecule has 0 saturated carbocycles. The molecule has 1 N–H and O–H groups in total. The van der Waals surface area contributed by atoms with Crippen LogP contribution in [0.1, 0.15) is 18.4 Å². The summed E-state index contributed by atoms with van der Waals surface area (Å²) in [6, 6.07) is 14.9. The first-order valence-electron chi connectivity index (χ1n) is 8.99. The summed E-state index contributed by atoms with van der Waals surface area (Å²) in [7, 11) is 2.92. The Morgan fingerprint density at radius 1 is 1.07 bits per heavy atom. The average molecular weight is 405 g/mol. The molecule has 6 nitrogen and oxygen atoms in total. The zero-order chi connectivity index (χ0) is 20.4. The van der Waals surface area contributed by atoms with Gasteiger partial charge in [0.1, 0.15) is 5.75 Å². The van der Waals surface area contributed by atoms with E-state index in [4.69, 9.17) is 21.1 Å². The summed E-state index contributed by atoms with van der Waals surface area (Å²) in [5.74, 6) is 0.262. The van der Waals surface area contributed by atoms with Crippen LogP contribution in [0.15, 0.2) is 48.5 Å². The second kappa shape index (κ2) is 11.2. The number of carbonyl (C=O) groups excluding carboxylic acids is 2. The SMILES string of the molecule is COC(=O)CCN(Cc1ccccc1)C(=O)CCNc1cc(Cl)ccc1OC. The number of hydrogen-bond acceptors (Lipinski definition) is 5. The lowest BCUT2D eigenvalue weighted by Gasteiger charge is -2.23. The zero-order valence-electron chi connectivity index (χ0n) is 16.1. The Morgan fingerprint density at radius 3 is 2.50 bits per heavy atom. The van der Waals surface area contributed by atoms with Crippen molar-refractivity contribution in [1.29, 1.82) is 0 Å². The van der Waals surface area contributed by atoms with E-state index in [1.165, 1.54) is 7.11 Å². The highest BCUT2D eigenvalue weighted by Gasteiger charge is 2.16. The maximum atomic E-state index is 12.7. The van der Waals surface area contributed by atoms with E-state index >= 15 is 0 Å². The third-order valence-corrected chi connectivity index (χ3v) is 4.43. The number of amides is 1. The van der Waals surface area contributed by atoms with Crippen LogP contribution in [0.5, 0.6) is 5.75 Å². The lowest BCUT2D eigenvalue weighted by Crippen LogP contribution is -2.33. The molecule has 0 aliphatic rings. The Bertz CT molecular complexity index is 783. The Labute approximate surface area is 170 Å². The number of carbonyl (C=O) groups is 2. The molecule has 0 atom stereocenters. The van der Waals surface area contributed by atoms with E-state index in [1.54, 1.807) is 30.2 Å². The van der Waals surface area contributed by atoms with E-state index in [0.29, 0.717) is 30.4 Å². The molecule has 0 aromatic heterocycles. The van der Waals surface area contributed by atoms with Crippen LogP contribution in [0, 0.1) is 0 Å². The molecule has 28 heavy (non-hydrogen) atoms. The first-order chi connectivity index (χ1) is 13.5. The number of methoxy groups -OCH3 is 2. The van der Waals surface area contributed by atoms with Crippen molar-refractivity contribution in [3.05, 3.63) is 59.1 Å². The third-order valence-electron chi connectivity index (χ3n) is 4.20. The number of nitrogens with one attached hydrogen (secondary N) is 1.